The van der Waals surface area contributed by atoms with E-state index in [1.165, 1.54) is 6.42 Å². The molecule has 186 valence electrons. The summed E-state index contributed by atoms with van der Waals surface area (Å²) >= 11 is 0. The molecule has 0 unspecified atom stereocenters. The standard InChI is InChI=1S/C28H36N4O3/c1-3-35-23-11-12-24-25(19-23)32(22-5-4-6-22)27(26(24)29)20-7-9-21(10-8-20)28(33)31-15-13-30(14-16-31)17-18-34-2/h7-12,19,22H,3-6,13-18,29H2,1-2H3. The molecule has 1 aliphatic heterocycles. The van der Waals surface area contributed by atoms with Gasteiger partial charge in [0, 0.05) is 68.5 Å². The minimum atomic E-state index is 0.0943. The van der Waals surface area contributed by atoms with Crippen LogP contribution in [0.2, 0.25) is 0 Å². The molecule has 0 atom stereocenters. The highest BCUT2D eigenvalue weighted by molar-refractivity contribution is 6.02. The van der Waals surface area contributed by atoms with E-state index in [0.29, 0.717) is 12.6 Å². The molecule has 0 radical (unpaired) electrons. The van der Waals surface area contributed by atoms with Gasteiger partial charge in [0.25, 0.3) is 5.91 Å². The van der Waals surface area contributed by atoms with Crippen LogP contribution in [-0.2, 0) is 4.74 Å². The van der Waals surface area contributed by atoms with E-state index in [4.69, 9.17) is 15.2 Å². The molecule has 7 nitrogen and oxygen atoms in total. The van der Waals surface area contributed by atoms with Gasteiger partial charge >= 0.3 is 0 Å². The third-order valence-electron chi connectivity index (χ3n) is 7.44. The number of carbonyl (C=O) groups excluding carboxylic acids is 1. The Hall–Kier alpha value is -3.03. The lowest BCUT2D eigenvalue weighted by atomic mass is 9.92. The molecule has 1 amide bonds. The zero-order valence-electron chi connectivity index (χ0n) is 20.8. The number of piperazine rings is 1. The number of rotatable bonds is 8. The molecule has 2 aromatic carbocycles. The maximum Gasteiger partial charge on any atom is 0.253 e. The van der Waals surface area contributed by atoms with E-state index in [9.17, 15) is 4.79 Å². The fraction of sp³-hybridized carbons (Fsp3) is 0.464. The van der Waals surface area contributed by atoms with Gasteiger partial charge in [-0.1, -0.05) is 12.1 Å². The molecule has 2 aliphatic rings. The monoisotopic (exact) mass is 476 g/mol. The summed E-state index contributed by atoms with van der Waals surface area (Å²) in [7, 11) is 1.72. The fourth-order valence-corrected chi connectivity index (χ4v) is 5.24. The van der Waals surface area contributed by atoms with Crippen LogP contribution in [0.25, 0.3) is 22.2 Å². The van der Waals surface area contributed by atoms with Crippen LogP contribution in [0.15, 0.2) is 42.5 Å². The number of anilines is 1. The quantitative estimate of drug-likeness (QED) is 0.521. The number of nitrogens with zero attached hydrogens (tertiary/aromatic N) is 3. The molecular formula is C28H36N4O3. The first-order chi connectivity index (χ1) is 17.1. The van der Waals surface area contributed by atoms with Crippen LogP contribution in [0.3, 0.4) is 0 Å². The van der Waals surface area contributed by atoms with E-state index < -0.39 is 0 Å². The van der Waals surface area contributed by atoms with Gasteiger partial charge in [0.05, 0.1) is 30.1 Å². The van der Waals surface area contributed by atoms with Crippen molar-refractivity contribution in [2.45, 2.75) is 32.2 Å². The molecule has 1 saturated carbocycles. The lowest BCUT2D eigenvalue weighted by Crippen LogP contribution is -2.49. The fourth-order valence-electron chi connectivity index (χ4n) is 5.24. The number of aromatic nitrogens is 1. The smallest absolute Gasteiger partial charge is 0.253 e. The Morgan fingerprint density at radius 2 is 1.80 bits per heavy atom. The van der Waals surface area contributed by atoms with Crippen LogP contribution in [0.4, 0.5) is 5.69 Å². The van der Waals surface area contributed by atoms with Gasteiger partial charge in [-0.05, 0) is 50.5 Å². The van der Waals surface area contributed by atoms with Gasteiger partial charge in [0.2, 0.25) is 0 Å². The minimum absolute atomic E-state index is 0.0943. The first-order valence-electron chi connectivity index (χ1n) is 12.8. The minimum Gasteiger partial charge on any atom is -0.494 e. The lowest BCUT2D eigenvalue weighted by molar-refractivity contribution is 0.0594. The Labute approximate surface area is 207 Å². The predicted molar refractivity (Wildman–Crippen MR) is 140 cm³/mol. The average molecular weight is 477 g/mol. The number of nitrogen functional groups attached to an aromatic ring is 1. The second-order valence-electron chi connectivity index (χ2n) is 9.53. The summed E-state index contributed by atoms with van der Waals surface area (Å²) in [6, 6.07) is 14.6. The van der Waals surface area contributed by atoms with Gasteiger partial charge < -0.3 is 24.7 Å². The van der Waals surface area contributed by atoms with Crippen LogP contribution in [-0.4, -0.2) is 73.3 Å². The highest BCUT2D eigenvalue weighted by Crippen LogP contribution is 2.44. The summed E-state index contributed by atoms with van der Waals surface area (Å²) in [6.45, 7) is 7.53. The van der Waals surface area contributed by atoms with Gasteiger partial charge in [0.1, 0.15) is 5.75 Å². The third-order valence-corrected chi connectivity index (χ3v) is 7.44. The number of benzene rings is 2. The molecule has 1 saturated heterocycles. The highest BCUT2D eigenvalue weighted by atomic mass is 16.5. The van der Waals surface area contributed by atoms with E-state index >= 15 is 0 Å². The normalized spacial score (nSPS) is 17.0. The second kappa shape index (κ2) is 10.3. The SMILES string of the molecule is CCOc1ccc2c(N)c(-c3ccc(C(=O)N4CCN(CCOC)CC4)cc3)n(C3CCC3)c2c1. The Morgan fingerprint density at radius 3 is 2.43 bits per heavy atom. The number of hydrogen-bond acceptors (Lipinski definition) is 5. The summed E-state index contributed by atoms with van der Waals surface area (Å²) in [4.78, 5) is 17.4. The summed E-state index contributed by atoms with van der Waals surface area (Å²) in [5, 5.41) is 1.06. The van der Waals surface area contributed by atoms with Crippen molar-refractivity contribution in [1.82, 2.24) is 14.4 Å². The van der Waals surface area contributed by atoms with Crippen molar-refractivity contribution in [2.75, 3.05) is 58.8 Å². The van der Waals surface area contributed by atoms with E-state index in [0.717, 1.165) is 91.3 Å². The number of fused-ring (bicyclic) bond motifs is 1. The molecule has 0 spiro atoms. The molecule has 2 heterocycles. The third kappa shape index (κ3) is 4.62. The number of nitrogens with two attached hydrogens (primary N) is 1. The summed E-state index contributed by atoms with van der Waals surface area (Å²) < 4.78 is 13.3. The van der Waals surface area contributed by atoms with Crippen molar-refractivity contribution < 1.29 is 14.3 Å². The van der Waals surface area contributed by atoms with E-state index in [1.807, 2.05) is 42.2 Å². The van der Waals surface area contributed by atoms with Crippen LogP contribution in [0.1, 0.15) is 42.6 Å². The van der Waals surface area contributed by atoms with Gasteiger partial charge in [-0.2, -0.15) is 0 Å². The van der Waals surface area contributed by atoms with Crippen molar-refractivity contribution in [3.05, 3.63) is 48.0 Å². The number of amides is 1. The molecule has 0 bridgehead atoms. The second-order valence-corrected chi connectivity index (χ2v) is 9.53. The van der Waals surface area contributed by atoms with Crippen LogP contribution in [0.5, 0.6) is 5.75 Å². The molecular weight excluding hydrogens is 440 g/mol. The maximum absolute atomic E-state index is 13.1. The van der Waals surface area contributed by atoms with Crippen molar-refractivity contribution >= 4 is 22.5 Å². The van der Waals surface area contributed by atoms with Crippen LogP contribution in [0, 0.1) is 0 Å². The Balaban J connectivity index is 1.40. The van der Waals surface area contributed by atoms with Crippen molar-refractivity contribution in [1.29, 1.82) is 0 Å². The topological polar surface area (TPSA) is 73.0 Å². The Bertz CT molecular complexity index is 1180. The average Bonchev–Trinajstić information content (AvgIpc) is 3.13. The zero-order chi connectivity index (χ0) is 24.4. The number of carbonyl (C=O) groups is 1. The van der Waals surface area contributed by atoms with Crippen molar-refractivity contribution in [2.24, 2.45) is 0 Å². The maximum atomic E-state index is 13.1. The van der Waals surface area contributed by atoms with Crippen molar-refractivity contribution in [3.8, 4) is 17.0 Å². The molecule has 35 heavy (non-hydrogen) atoms. The van der Waals surface area contributed by atoms with Gasteiger partial charge in [-0.15, -0.1) is 0 Å². The van der Waals surface area contributed by atoms with E-state index in [2.05, 4.69) is 21.6 Å². The highest BCUT2D eigenvalue weighted by Gasteiger charge is 2.27. The largest absolute Gasteiger partial charge is 0.494 e. The molecule has 7 heteroatoms. The van der Waals surface area contributed by atoms with Crippen molar-refractivity contribution in [3.63, 3.8) is 0 Å². The lowest BCUT2D eigenvalue weighted by Gasteiger charge is -2.34. The number of methoxy groups -OCH3 is 1. The molecule has 3 aromatic rings. The molecule has 2 fully saturated rings. The van der Waals surface area contributed by atoms with Gasteiger partial charge in [-0.3, -0.25) is 9.69 Å². The molecule has 1 aromatic heterocycles. The Morgan fingerprint density at radius 1 is 1.06 bits per heavy atom. The van der Waals surface area contributed by atoms with Gasteiger partial charge in [0.15, 0.2) is 0 Å². The molecule has 1 aliphatic carbocycles. The first kappa shape index (κ1) is 23.7. The van der Waals surface area contributed by atoms with Gasteiger partial charge in [-0.25, -0.2) is 0 Å². The molecule has 2 N–H and O–H groups in total. The number of hydrogen-bond donors (Lipinski definition) is 1. The zero-order valence-corrected chi connectivity index (χ0v) is 20.8. The summed E-state index contributed by atoms with van der Waals surface area (Å²) in [5.74, 6) is 0.963. The number of ether oxygens (including phenoxy) is 2. The Kier molecular flexibility index (Phi) is 6.97. The summed E-state index contributed by atoms with van der Waals surface area (Å²) in [6.07, 6.45) is 3.55. The van der Waals surface area contributed by atoms with E-state index in [1.54, 1.807) is 7.11 Å². The first-order valence-corrected chi connectivity index (χ1v) is 12.8. The van der Waals surface area contributed by atoms with Crippen LogP contribution >= 0.6 is 0 Å². The van der Waals surface area contributed by atoms with Crippen LogP contribution < -0.4 is 10.5 Å². The summed E-state index contributed by atoms with van der Waals surface area (Å²) in [5.41, 5.74) is 11.5. The van der Waals surface area contributed by atoms with E-state index in [-0.39, 0.29) is 5.91 Å². The molecule has 5 rings (SSSR count). The predicted octanol–water partition coefficient (Wildman–Crippen LogP) is 4.42.